The highest BCUT2D eigenvalue weighted by Crippen LogP contribution is 2.21. The Kier molecular flexibility index (Phi) is 6.95. The maximum atomic E-state index is 13.4. The van der Waals surface area contributed by atoms with E-state index in [0.29, 0.717) is 30.4 Å². The Morgan fingerprint density at radius 3 is 2.47 bits per heavy atom. The van der Waals surface area contributed by atoms with E-state index in [-0.39, 0.29) is 11.9 Å². The van der Waals surface area contributed by atoms with Crippen LogP contribution in [0.5, 0.6) is 0 Å². The molecule has 0 aromatic carbocycles. The Balaban J connectivity index is 1.86. The first kappa shape index (κ1) is 22.1. The van der Waals surface area contributed by atoms with E-state index in [1.807, 2.05) is 31.7 Å². The van der Waals surface area contributed by atoms with Gasteiger partial charge in [-0.3, -0.25) is 4.79 Å². The number of carbonyl (C=O) groups excluding carboxylic acids is 1. The average molecular weight is 414 g/mol. The monoisotopic (exact) mass is 413 g/mol. The van der Waals surface area contributed by atoms with Crippen LogP contribution in [0.3, 0.4) is 0 Å². The normalized spacial score (nSPS) is 14.6. The van der Waals surface area contributed by atoms with E-state index < -0.39 is 0 Å². The van der Waals surface area contributed by atoms with Crippen molar-refractivity contribution >= 4 is 17.7 Å². The van der Waals surface area contributed by atoms with E-state index in [9.17, 15) is 4.79 Å². The zero-order chi connectivity index (χ0) is 21.8. The molecular formula is C22H35N7O. The maximum Gasteiger partial charge on any atom is 0.259 e. The summed E-state index contributed by atoms with van der Waals surface area (Å²) in [6.07, 6.45) is 5.18. The van der Waals surface area contributed by atoms with Crippen LogP contribution >= 0.6 is 0 Å². The van der Waals surface area contributed by atoms with Crippen LogP contribution in [0, 0.1) is 12.8 Å². The van der Waals surface area contributed by atoms with Gasteiger partial charge in [0.25, 0.3) is 5.91 Å². The van der Waals surface area contributed by atoms with Gasteiger partial charge in [0.05, 0.1) is 18.4 Å². The molecule has 1 aliphatic heterocycles. The Labute approximate surface area is 179 Å². The number of aryl methyl sites for hydroxylation is 1. The lowest BCUT2D eigenvalue weighted by molar-refractivity contribution is 0.0721. The van der Waals surface area contributed by atoms with Crippen molar-refractivity contribution in [3.8, 4) is 0 Å². The second kappa shape index (κ2) is 9.45. The molecule has 30 heavy (non-hydrogen) atoms. The Morgan fingerprint density at radius 2 is 1.87 bits per heavy atom. The Morgan fingerprint density at radius 1 is 1.17 bits per heavy atom. The first-order chi connectivity index (χ1) is 14.3. The molecule has 0 radical (unpaired) electrons. The fraction of sp³-hybridized carbons (Fsp3) is 0.636. The summed E-state index contributed by atoms with van der Waals surface area (Å²) in [7, 11) is 0. The molecule has 3 rings (SSSR count). The number of nitrogen functional groups attached to an aromatic ring is 1. The summed E-state index contributed by atoms with van der Waals surface area (Å²) in [4.78, 5) is 26.9. The van der Waals surface area contributed by atoms with Crippen LogP contribution < -0.4 is 10.6 Å². The lowest BCUT2D eigenvalue weighted by Crippen LogP contribution is -2.35. The summed E-state index contributed by atoms with van der Waals surface area (Å²) in [5, 5.41) is 4.31. The first-order valence-electron chi connectivity index (χ1n) is 11.0. The molecule has 2 aromatic heterocycles. The molecule has 1 fully saturated rings. The fourth-order valence-electron chi connectivity index (χ4n) is 3.91. The molecule has 8 nitrogen and oxygen atoms in total. The molecule has 1 aliphatic rings. The molecule has 0 unspecified atom stereocenters. The number of nitrogens with zero attached hydrogens (tertiary/aromatic N) is 6. The van der Waals surface area contributed by atoms with Gasteiger partial charge >= 0.3 is 0 Å². The van der Waals surface area contributed by atoms with Crippen LogP contribution in [0.15, 0.2) is 12.3 Å². The molecular weight excluding hydrogens is 378 g/mol. The minimum absolute atomic E-state index is 0.0988. The predicted octanol–water partition coefficient (Wildman–Crippen LogP) is 3.43. The molecule has 8 heteroatoms. The van der Waals surface area contributed by atoms with Crippen LogP contribution in [0.2, 0.25) is 0 Å². The predicted molar refractivity (Wildman–Crippen MR) is 119 cm³/mol. The lowest BCUT2D eigenvalue weighted by Gasteiger charge is -2.28. The summed E-state index contributed by atoms with van der Waals surface area (Å²) in [6.45, 7) is 13.2. The smallest absolute Gasteiger partial charge is 0.259 e. The summed E-state index contributed by atoms with van der Waals surface area (Å²) in [5.74, 6) is 1.40. The van der Waals surface area contributed by atoms with Crippen LogP contribution in [0.4, 0.5) is 11.8 Å². The molecule has 1 amide bonds. The van der Waals surface area contributed by atoms with Gasteiger partial charge in [-0.15, -0.1) is 0 Å². The zero-order valence-corrected chi connectivity index (χ0v) is 18.9. The van der Waals surface area contributed by atoms with Crippen LogP contribution in [0.1, 0.15) is 74.7 Å². The minimum Gasteiger partial charge on any atom is -0.383 e. The highest BCUT2D eigenvalue weighted by molar-refractivity contribution is 5.98. The quantitative estimate of drug-likeness (QED) is 0.747. The largest absolute Gasteiger partial charge is 0.383 e. The number of nitrogens with two attached hydrogens (primary N) is 1. The Bertz CT molecular complexity index is 868. The number of aromatic nitrogens is 4. The van der Waals surface area contributed by atoms with E-state index in [1.165, 1.54) is 19.3 Å². The standard InChI is InChI=1S/C22H35N7O/c1-15(2)13-28(21(30)19-12-24-29(16(3)4)20(19)23)14-18-11-17(5)25-22(26-18)27-9-7-6-8-10-27/h11-12,15-16H,6-10,13-14,23H2,1-5H3. The van der Waals surface area contributed by atoms with Gasteiger partial charge in [0.2, 0.25) is 5.95 Å². The van der Waals surface area contributed by atoms with Gasteiger partial charge in [-0.25, -0.2) is 14.6 Å². The molecule has 2 aromatic rings. The Hall–Kier alpha value is -2.64. The maximum absolute atomic E-state index is 13.4. The van der Waals surface area contributed by atoms with E-state index >= 15 is 0 Å². The molecule has 0 spiro atoms. The van der Waals surface area contributed by atoms with E-state index in [1.54, 1.807) is 10.9 Å². The van der Waals surface area contributed by atoms with E-state index in [0.717, 1.165) is 30.4 Å². The average Bonchev–Trinajstić information content (AvgIpc) is 3.08. The van der Waals surface area contributed by atoms with Crippen molar-refractivity contribution in [3.05, 3.63) is 29.2 Å². The molecule has 0 saturated carbocycles. The summed E-state index contributed by atoms with van der Waals surface area (Å²) in [6, 6.07) is 2.07. The van der Waals surface area contributed by atoms with Crippen molar-refractivity contribution in [2.75, 3.05) is 30.3 Å². The van der Waals surface area contributed by atoms with Gasteiger partial charge in [-0.1, -0.05) is 13.8 Å². The highest BCUT2D eigenvalue weighted by Gasteiger charge is 2.24. The second-order valence-corrected chi connectivity index (χ2v) is 8.91. The van der Waals surface area contributed by atoms with Crippen molar-refractivity contribution in [1.29, 1.82) is 0 Å². The van der Waals surface area contributed by atoms with Crippen molar-refractivity contribution in [3.63, 3.8) is 0 Å². The fourth-order valence-corrected chi connectivity index (χ4v) is 3.91. The molecule has 3 heterocycles. The number of piperidine rings is 1. The minimum atomic E-state index is -0.108. The van der Waals surface area contributed by atoms with E-state index in [4.69, 9.17) is 10.7 Å². The number of hydrogen-bond acceptors (Lipinski definition) is 6. The van der Waals surface area contributed by atoms with Crippen molar-refractivity contribution < 1.29 is 4.79 Å². The third-order valence-electron chi connectivity index (χ3n) is 5.31. The molecule has 0 aliphatic carbocycles. The SMILES string of the molecule is Cc1cc(CN(CC(C)C)C(=O)c2cnn(C(C)C)c2N)nc(N2CCCCC2)n1. The van der Waals surface area contributed by atoms with Gasteiger partial charge < -0.3 is 15.5 Å². The van der Waals surface area contributed by atoms with Crippen molar-refractivity contribution in [2.45, 2.75) is 66.5 Å². The first-order valence-corrected chi connectivity index (χ1v) is 11.0. The number of hydrogen-bond donors (Lipinski definition) is 1. The van der Waals surface area contributed by atoms with Gasteiger partial charge in [-0.05, 0) is 52.0 Å². The van der Waals surface area contributed by atoms with Gasteiger partial charge in [0, 0.05) is 31.4 Å². The summed E-state index contributed by atoms with van der Waals surface area (Å²) >= 11 is 0. The topological polar surface area (TPSA) is 93.2 Å². The molecule has 0 bridgehead atoms. The van der Waals surface area contributed by atoms with Crippen LogP contribution in [-0.4, -0.2) is 50.2 Å². The van der Waals surface area contributed by atoms with Gasteiger partial charge in [0.1, 0.15) is 11.4 Å². The van der Waals surface area contributed by atoms with Crippen molar-refractivity contribution in [2.24, 2.45) is 5.92 Å². The van der Waals surface area contributed by atoms with Crippen LogP contribution in [0.25, 0.3) is 0 Å². The second-order valence-electron chi connectivity index (χ2n) is 8.91. The number of rotatable bonds is 7. The number of anilines is 2. The molecule has 164 valence electrons. The highest BCUT2D eigenvalue weighted by atomic mass is 16.2. The third kappa shape index (κ3) is 5.09. The van der Waals surface area contributed by atoms with Gasteiger partial charge in [0.15, 0.2) is 0 Å². The zero-order valence-electron chi connectivity index (χ0n) is 18.9. The van der Waals surface area contributed by atoms with Crippen LogP contribution in [-0.2, 0) is 6.54 Å². The summed E-state index contributed by atoms with van der Waals surface area (Å²) in [5.41, 5.74) is 8.46. The summed E-state index contributed by atoms with van der Waals surface area (Å²) < 4.78 is 1.68. The lowest BCUT2D eigenvalue weighted by atomic mass is 10.1. The third-order valence-corrected chi connectivity index (χ3v) is 5.31. The molecule has 2 N–H and O–H groups in total. The molecule has 0 atom stereocenters. The van der Waals surface area contributed by atoms with E-state index in [2.05, 4.69) is 28.8 Å². The number of carbonyl (C=O) groups is 1. The number of amides is 1. The van der Waals surface area contributed by atoms with Crippen molar-refractivity contribution in [1.82, 2.24) is 24.6 Å². The molecule has 1 saturated heterocycles. The van der Waals surface area contributed by atoms with Gasteiger partial charge in [-0.2, -0.15) is 5.10 Å².